The van der Waals surface area contributed by atoms with Gasteiger partial charge in [-0.2, -0.15) is 0 Å². The van der Waals surface area contributed by atoms with E-state index < -0.39 is 0 Å². The number of rotatable bonds is 3. The van der Waals surface area contributed by atoms with Crippen molar-refractivity contribution in [1.82, 2.24) is 9.80 Å². The summed E-state index contributed by atoms with van der Waals surface area (Å²) >= 11 is 1.75. The molecular formula is C15H22N2O2S. The first-order valence-corrected chi connectivity index (χ1v) is 8.35. The Bertz CT molecular complexity index is 441. The minimum atomic E-state index is -0.174. The van der Waals surface area contributed by atoms with Gasteiger partial charge in [0, 0.05) is 24.5 Å². The van der Waals surface area contributed by atoms with Gasteiger partial charge in [-0.15, -0.1) is 11.3 Å². The number of thiophene rings is 1. The topological polar surface area (TPSA) is 43.8 Å². The number of hydrogen-bond acceptors (Lipinski definition) is 4. The zero-order chi connectivity index (χ0) is 13.9. The summed E-state index contributed by atoms with van der Waals surface area (Å²) in [5.74, 6) is 0.247. The Labute approximate surface area is 124 Å². The average Bonchev–Trinajstić information content (AvgIpc) is 3.11. The van der Waals surface area contributed by atoms with Gasteiger partial charge < -0.3 is 10.0 Å². The molecule has 20 heavy (non-hydrogen) atoms. The van der Waals surface area contributed by atoms with Gasteiger partial charge in [0.1, 0.15) is 0 Å². The van der Waals surface area contributed by atoms with Crippen molar-refractivity contribution in [1.29, 1.82) is 0 Å². The molecule has 2 saturated heterocycles. The standard InChI is InChI=1S/C15H22N2O2S/c18-12-5-8-16(9-6-12)11-15(19)17-7-1-3-13(17)14-4-2-10-20-14/h2,4,10,12-13,18H,1,3,5-9,11H2/t13-/m1/s1. The summed E-state index contributed by atoms with van der Waals surface area (Å²) in [5, 5.41) is 11.6. The second kappa shape index (κ2) is 6.24. The average molecular weight is 294 g/mol. The molecule has 2 aliphatic rings. The molecule has 5 heteroatoms. The minimum Gasteiger partial charge on any atom is -0.393 e. The number of aliphatic hydroxyl groups excluding tert-OH is 1. The summed E-state index contributed by atoms with van der Waals surface area (Å²) in [4.78, 5) is 18.1. The van der Waals surface area contributed by atoms with E-state index in [1.165, 1.54) is 4.88 Å². The number of carbonyl (C=O) groups excluding carboxylic acids is 1. The smallest absolute Gasteiger partial charge is 0.237 e. The van der Waals surface area contributed by atoms with Crippen molar-refractivity contribution < 1.29 is 9.90 Å². The maximum absolute atomic E-state index is 12.5. The molecule has 3 heterocycles. The molecule has 0 spiro atoms. The molecule has 0 unspecified atom stereocenters. The van der Waals surface area contributed by atoms with E-state index in [1.807, 2.05) is 0 Å². The fourth-order valence-corrected chi connectivity index (χ4v) is 4.08. The Morgan fingerprint density at radius 2 is 2.10 bits per heavy atom. The molecule has 1 amide bonds. The fourth-order valence-electron chi connectivity index (χ4n) is 3.20. The first kappa shape index (κ1) is 14.0. The van der Waals surface area contributed by atoms with Crippen LogP contribution >= 0.6 is 11.3 Å². The second-order valence-electron chi connectivity index (χ2n) is 5.77. The molecule has 4 nitrogen and oxygen atoms in total. The van der Waals surface area contributed by atoms with Gasteiger partial charge in [0.15, 0.2) is 0 Å². The van der Waals surface area contributed by atoms with Gasteiger partial charge in [-0.3, -0.25) is 9.69 Å². The Morgan fingerprint density at radius 3 is 2.80 bits per heavy atom. The van der Waals surface area contributed by atoms with E-state index in [1.54, 1.807) is 11.3 Å². The molecule has 2 aliphatic heterocycles. The maximum atomic E-state index is 12.5. The lowest BCUT2D eigenvalue weighted by molar-refractivity contribution is -0.133. The lowest BCUT2D eigenvalue weighted by atomic mass is 10.1. The summed E-state index contributed by atoms with van der Waals surface area (Å²) in [6.45, 7) is 3.07. The molecule has 0 aromatic carbocycles. The highest BCUT2D eigenvalue weighted by atomic mass is 32.1. The van der Waals surface area contributed by atoms with Gasteiger partial charge in [0.05, 0.1) is 18.7 Å². The molecular weight excluding hydrogens is 272 g/mol. The van der Waals surface area contributed by atoms with E-state index in [9.17, 15) is 9.90 Å². The molecule has 0 saturated carbocycles. The van der Waals surface area contributed by atoms with Gasteiger partial charge in [-0.25, -0.2) is 0 Å². The van der Waals surface area contributed by atoms with Crippen LogP contribution in [0.4, 0.5) is 0 Å². The Hall–Kier alpha value is -0.910. The molecule has 1 aromatic heterocycles. The number of hydrogen-bond donors (Lipinski definition) is 1. The van der Waals surface area contributed by atoms with Crippen LogP contribution in [0, 0.1) is 0 Å². The van der Waals surface area contributed by atoms with Crippen LogP contribution in [0.1, 0.15) is 36.6 Å². The number of aliphatic hydroxyl groups is 1. The highest BCUT2D eigenvalue weighted by Crippen LogP contribution is 2.34. The predicted molar refractivity (Wildman–Crippen MR) is 79.7 cm³/mol. The fraction of sp³-hybridized carbons (Fsp3) is 0.667. The van der Waals surface area contributed by atoms with Crippen molar-refractivity contribution in [2.45, 2.75) is 37.8 Å². The third-order valence-corrected chi connectivity index (χ3v) is 5.33. The zero-order valence-corrected chi connectivity index (χ0v) is 12.5. The monoisotopic (exact) mass is 294 g/mol. The Morgan fingerprint density at radius 1 is 1.30 bits per heavy atom. The molecule has 110 valence electrons. The highest BCUT2D eigenvalue weighted by molar-refractivity contribution is 7.10. The zero-order valence-electron chi connectivity index (χ0n) is 11.7. The van der Waals surface area contributed by atoms with Crippen LogP contribution in [0.3, 0.4) is 0 Å². The predicted octanol–water partition coefficient (Wildman–Crippen LogP) is 1.87. The number of likely N-dealkylation sites (tertiary alicyclic amines) is 2. The summed E-state index contributed by atoms with van der Waals surface area (Å²) in [6.07, 6.45) is 3.60. The van der Waals surface area contributed by atoms with Crippen LogP contribution in [-0.4, -0.2) is 53.1 Å². The highest BCUT2D eigenvalue weighted by Gasteiger charge is 2.31. The number of nitrogens with zero attached hydrogens (tertiary/aromatic N) is 2. The van der Waals surface area contributed by atoms with Crippen LogP contribution in [0.15, 0.2) is 17.5 Å². The first-order valence-electron chi connectivity index (χ1n) is 7.47. The second-order valence-corrected chi connectivity index (χ2v) is 6.75. The van der Waals surface area contributed by atoms with E-state index in [0.717, 1.165) is 45.3 Å². The lowest BCUT2D eigenvalue weighted by Crippen LogP contribution is -2.44. The molecule has 0 radical (unpaired) electrons. The van der Waals surface area contributed by atoms with Crippen molar-refractivity contribution in [2.24, 2.45) is 0 Å². The van der Waals surface area contributed by atoms with Crippen molar-refractivity contribution in [3.8, 4) is 0 Å². The normalized spacial score (nSPS) is 25.2. The molecule has 1 N–H and O–H groups in total. The number of carbonyl (C=O) groups is 1. The number of amides is 1. The Kier molecular flexibility index (Phi) is 4.38. The van der Waals surface area contributed by atoms with E-state index in [0.29, 0.717) is 6.54 Å². The molecule has 1 aromatic rings. The van der Waals surface area contributed by atoms with Crippen LogP contribution in [0.2, 0.25) is 0 Å². The van der Waals surface area contributed by atoms with Crippen LogP contribution < -0.4 is 0 Å². The van der Waals surface area contributed by atoms with Gasteiger partial charge in [-0.1, -0.05) is 6.07 Å². The molecule has 3 rings (SSSR count). The quantitative estimate of drug-likeness (QED) is 0.925. The number of piperidine rings is 1. The van der Waals surface area contributed by atoms with E-state index in [-0.39, 0.29) is 18.1 Å². The van der Waals surface area contributed by atoms with Crippen molar-refractivity contribution in [3.05, 3.63) is 22.4 Å². The van der Waals surface area contributed by atoms with E-state index in [4.69, 9.17) is 0 Å². The summed E-state index contributed by atoms with van der Waals surface area (Å²) in [5.41, 5.74) is 0. The minimum absolute atomic E-state index is 0.174. The van der Waals surface area contributed by atoms with Gasteiger partial charge in [0.25, 0.3) is 0 Å². The van der Waals surface area contributed by atoms with Crippen LogP contribution in [0.25, 0.3) is 0 Å². The van der Waals surface area contributed by atoms with Gasteiger partial charge in [0.2, 0.25) is 5.91 Å². The van der Waals surface area contributed by atoms with Gasteiger partial charge >= 0.3 is 0 Å². The van der Waals surface area contributed by atoms with E-state index >= 15 is 0 Å². The summed E-state index contributed by atoms with van der Waals surface area (Å²) in [6, 6.07) is 4.49. The maximum Gasteiger partial charge on any atom is 0.237 e. The van der Waals surface area contributed by atoms with Crippen LogP contribution in [-0.2, 0) is 4.79 Å². The van der Waals surface area contributed by atoms with E-state index in [2.05, 4.69) is 27.3 Å². The molecule has 0 aliphatic carbocycles. The first-order chi connectivity index (χ1) is 9.74. The largest absolute Gasteiger partial charge is 0.393 e. The Balaban J connectivity index is 1.59. The third kappa shape index (κ3) is 3.05. The van der Waals surface area contributed by atoms with Crippen molar-refractivity contribution in [3.63, 3.8) is 0 Å². The third-order valence-electron chi connectivity index (χ3n) is 4.36. The molecule has 2 fully saturated rings. The van der Waals surface area contributed by atoms with Crippen molar-refractivity contribution >= 4 is 17.2 Å². The summed E-state index contributed by atoms with van der Waals surface area (Å²) in [7, 11) is 0. The SMILES string of the molecule is O=C(CN1CCC(O)CC1)N1CCC[C@@H]1c1cccs1. The van der Waals surface area contributed by atoms with Gasteiger partial charge in [-0.05, 0) is 37.1 Å². The lowest BCUT2D eigenvalue weighted by Gasteiger charge is -2.31. The molecule has 1 atom stereocenters. The van der Waals surface area contributed by atoms with Crippen molar-refractivity contribution in [2.75, 3.05) is 26.2 Å². The van der Waals surface area contributed by atoms with Crippen LogP contribution in [0.5, 0.6) is 0 Å². The molecule has 0 bridgehead atoms. The summed E-state index contributed by atoms with van der Waals surface area (Å²) < 4.78 is 0.